The second kappa shape index (κ2) is 7.33. The van der Waals surface area contributed by atoms with Gasteiger partial charge in [0.1, 0.15) is 17.5 Å². The quantitative estimate of drug-likeness (QED) is 0.886. The topological polar surface area (TPSA) is 71.7 Å². The molecule has 1 amide bonds. The molecule has 0 bridgehead atoms. The van der Waals surface area contributed by atoms with Crippen LogP contribution >= 0.6 is 0 Å². The van der Waals surface area contributed by atoms with Crippen molar-refractivity contribution in [1.82, 2.24) is 5.32 Å². The van der Waals surface area contributed by atoms with E-state index in [4.69, 9.17) is 9.15 Å². The van der Waals surface area contributed by atoms with Crippen molar-refractivity contribution >= 4 is 6.09 Å². The monoisotopic (exact) mass is 317 g/mol. The molecule has 0 fully saturated rings. The summed E-state index contributed by atoms with van der Waals surface area (Å²) in [6, 6.07) is 12.5. The number of benzene rings is 1. The van der Waals surface area contributed by atoms with Crippen molar-refractivity contribution in [3.63, 3.8) is 0 Å². The number of alkyl carbamates (subject to hydrolysis) is 1. The number of ether oxygens (including phenoxy) is 1. The second-order valence-electron chi connectivity index (χ2n) is 6.40. The van der Waals surface area contributed by atoms with Crippen molar-refractivity contribution in [1.29, 1.82) is 0 Å². The fraction of sp³-hybridized carbons (Fsp3) is 0.389. The maximum absolute atomic E-state index is 12.1. The number of aliphatic hydroxyl groups excluding tert-OH is 1. The number of hydrogen-bond donors (Lipinski definition) is 2. The number of hydrogen-bond acceptors (Lipinski definition) is 4. The van der Waals surface area contributed by atoms with E-state index in [1.54, 1.807) is 32.9 Å². The third kappa shape index (κ3) is 5.45. The van der Waals surface area contributed by atoms with E-state index < -0.39 is 23.8 Å². The maximum atomic E-state index is 12.1. The summed E-state index contributed by atoms with van der Waals surface area (Å²) in [4.78, 5) is 12.1. The van der Waals surface area contributed by atoms with Crippen LogP contribution in [0.4, 0.5) is 4.79 Å². The highest BCUT2D eigenvalue weighted by Gasteiger charge is 2.27. The predicted octanol–water partition coefficient (Wildman–Crippen LogP) is 3.45. The fourth-order valence-corrected chi connectivity index (χ4v) is 2.23. The summed E-state index contributed by atoms with van der Waals surface area (Å²) in [7, 11) is 0. The van der Waals surface area contributed by atoms with Gasteiger partial charge in [0, 0.05) is 0 Å². The van der Waals surface area contributed by atoms with E-state index in [9.17, 15) is 9.90 Å². The van der Waals surface area contributed by atoms with E-state index in [0.717, 1.165) is 5.56 Å². The number of carbonyl (C=O) groups excluding carboxylic acids is 1. The van der Waals surface area contributed by atoms with Crippen molar-refractivity contribution in [2.24, 2.45) is 0 Å². The van der Waals surface area contributed by atoms with Gasteiger partial charge >= 0.3 is 6.09 Å². The third-order valence-electron chi connectivity index (χ3n) is 3.22. The highest BCUT2D eigenvalue weighted by atomic mass is 16.6. The molecular formula is C18H23NO4. The molecule has 0 aliphatic carbocycles. The molecule has 23 heavy (non-hydrogen) atoms. The molecule has 0 saturated carbocycles. The minimum absolute atomic E-state index is 0.405. The Morgan fingerprint density at radius 3 is 2.48 bits per heavy atom. The van der Waals surface area contributed by atoms with E-state index in [2.05, 4.69) is 5.32 Å². The van der Waals surface area contributed by atoms with Crippen molar-refractivity contribution in [2.75, 3.05) is 0 Å². The summed E-state index contributed by atoms with van der Waals surface area (Å²) in [5.41, 5.74) is 0.399. The summed E-state index contributed by atoms with van der Waals surface area (Å²) in [6.45, 7) is 5.38. The molecule has 0 radical (unpaired) electrons. The Hall–Kier alpha value is -2.27. The number of aliphatic hydroxyl groups is 1. The average Bonchev–Trinajstić information content (AvgIpc) is 2.99. The third-order valence-corrected chi connectivity index (χ3v) is 3.22. The van der Waals surface area contributed by atoms with E-state index in [-0.39, 0.29) is 0 Å². The van der Waals surface area contributed by atoms with Gasteiger partial charge in [0.15, 0.2) is 0 Å². The van der Waals surface area contributed by atoms with Crippen LogP contribution in [-0.2, 0) is 11.2 Å². The van der Waals surface area contributed by atoms with E-state index >= 15 is 0 Å². The lowest BCUT2D eigenvalue weighted by atomic mass is 10.00. The Balaban J connectivity index is 2.12. The molecule has 2 aromatic rings. The molecule has 2 N–H and O–H groups in total. The zero-order chi connectivity index (χ0) is 16.9. The Kier molecular flexibility index (Phi) is 5.45. The van der Waals surface area contributed by atoms with Crippen LogP contribution < -0.4 is 5.32 Å². The number of amides is 1. The number of nitrogens with one attached hydrogen (secondary N) is 1. The highest BCUT2D eigenvalue weighted by Crippen LogP contribution is 2.21. The molecule has 0 unspecified atom stereocenters. The van der Waals surface area contributed by atoms with Crippen molar-refractivity contribution in [2.45, 2.75) is 44.9 Å². The smallest absolute Gasteiger partial charge is 0.407 e. The van der Waals surface area contributed by atoms with Crippen LogP contribution in [0.3, 0.4) is 0 Å². The zero-order valence-corrected chi connectivity index (χ0v) is 13.7. The summed E-state index contributed by atoms with van der Waals surface area (Å²) < 4.78 is 10.5. The maximum Gasteiger partial charge on any atom is 0.407 e. The van der Waals surface area contributed by atoms with Crippen LogP contribution in [0.5, 0.6) is 0 Å². The Labute approximate surface area is 136 Å². The van der Waals surface area contributed by atoms with Gasteiger partial charge in [-0.25, -0.2) is 4.79 Å². The van der Waals surface area contributed by atoms with Gasteiger partial charge in [-0.15, -0.1) is 0 Å². The van der Waals surface area contributed by atoms with Gasteiger partial charge in [0.25, 0.3) is 0 Å². The van der Waals surface area contributed by atoms with Gasteiger partial charge in [-0.1, -0.05) is 30.3 Å². The predicted molar refractivity (Wildman–Crippen MR) is 87.0 cm³/mol. The molecule has 5 nitrogen and oxygen atoms in total. The van der Waals surface area contributed by atoms with Crippen LogP contribution in [0.2, 0.25) is 0 Å². The number of rotatable bonds is 5. The minimum Gasteiger partial charge on any atom is -0.467 e. The lowest BCUT2D eigenvalue weighted by molar-refractivity contribution is 0.0397. The van der Waals surface area contributed by atoms with Crippen LogP contribution in [0.15, 0.2) is 53.1 Å². The van der Waals surface area contributed by atoms with Crippen molar-refractivity contribution in [3.8, 4) is 0 Å². The molecule has 2 rings (SSSR count). The number of furan rings is 1. The first-order valence-corrected chi connectivity index (χ1v) is 7.60. The van der Waals surface area contributed by atoms with E-state index in [1.807, 2.05) is 30.3 Å². The largest absolute Gasteiger partial charge is 0.467 e. The summed E-state index contributed by atoms with van der Waals surface area (Å²) in [5.74, 6) is 0.405. The average molecular weight is 317 g/mol. The van der Waals surface area contributed by atoms with Crippen molar-refractivity contribution in [3.05, 3.63) is 60.1 Å². The van der Waals surface area contributed by atoms with E-state index in [0.29, 0.717) is 12.2 Å². The highest BCUT2D eigenvalue weighted by molar-refractivity contribution is 5.68. The fourth-order valence-electron chi connectivity index (χ4n) is 2.23. The van der Waals surface area contributed by atoms with Gasteiger partial charge in [0.2, 0.25) is 0 Å². The van der Waals surface area contributed by atoms with Crippen LogP contribution in [0.1, 0.15) is 38.2 Å². The number of carbonyl (C=O) groups is 1. The summed E-state index contributed by atoms with van der Waals surface area (Å²) in [5, 5.41) is 13.3. The van der Waals surface area contributed by atoms with Gasteiger partial charge in [-0.2, -0.15) is 0 Å². The van der Waals surface area contributed by atoms with E-state index in [1.165, 1.54) is 6.26 Å². The van der Waals surface area contributed by atoms with Crippen LogP contribution in [0.25, 0.3) is 0 Å². The van der Waals surface area contributed by atoms with Gasteiger partial charge in [-0.3, -0.25) is 0 Å². The molecule has 0 spiro atoms. The molecular weight excluding hydrogens is 294 g/mol. The molecule has 0 saturated heterocycles. The van der Waals surface area contributed by atoms with Gasteiger partial charge in [-0.05, 0) is 44.9 Å². The molecule has 1 aromatic heterocycles. The first-order chi connectivity index (χ1) is 10.8. The van der Waals surface area contributed by atoms with Crippen molar-refractivity contribution < 1.29 is 19.1 Å². The van der Waals surface area contributed by atoms with Gasteiger partial charge in [0.05, 0.1) is 12.3 Å². The minimum atomic E-state index is -0.960. The lowest BCUT2D eigenvalue weighted by Gasteiger charge is -2.26. The van der Waals surface area contributed by atoms with Crippen LogP contribution in [-0.4, -0.2) is 22.8 Å². The zero-order valence-electron chi connectivity index (χ0n) is 13.7. The Morgan fingerprint density at radius 2 is 1.91 bits per heavy atom. The normalized spacial score (nSPS) is 14.1. The molecule has 2 atom stereocenters. The van der Waals surface area contributed by atoms with Gasteiger partial charge < -0.3 is 19.6 Å². The molecule has 124 valence electrons. The first-order valence-electron chi connectivity index (χ1n) is 7.60. The molecule has 1 aromatic carbocycles. The standard InChI is InChI=1S/C18H23NO4/c1-18(2,3)23-17(21)19-14(12-13-8-5-4-6-9-13)16(20)15-10-7-11-22-15/h4-11,14,16,20H,12H2,1-3H3,(H,19,21)/t14-,16+/m1/s1. The summed E-state index contributed by atoms with van der Waals surface area (Å²) in [6.07, 6.45) is 0.426. The SMILES string of the molecule is CC(C)(C)OC(=O)N[C@H](Cc1ccccc1)[C@H](O)c1ccco1. The molecule has 1 heterocycles. The molecule has 0 aliphatic rings. The first kappa shape index (κ1) is 17.1. The van der Waals surface area contributed by atoms with Crippen LogP contribution in [0, 0.1) is 0 Å². The second-order valence-corrected chi connectivity index (χ2v) is 6.40. The lowest BCUT2D eigenvalue weighted by Crippen LogP contribution is -2.43. The Bertz CT molecular complexity index is 602. The Morgan fingerprint density at radius 1 is 1.22 bits per heavy atom. The molecule has 5 heteroatoms. The summed E-state index contributed by atoms with van der Waals surface area (Å²) >= 11 is 0. The molecule has 0 aliphatic heterocycles.